The number of aromatic nitrogens is 1. The predicted octanol–water partition coefficient (Wildman–Crippen LogP) is 4.70. The number of carbonyl (C=O) groups excluding carboxylic acids is 1. The number of nitrogens with one attached hydrogen (secondary N) is 3. The van der Waals surface area contributed by atoms with Crippen LogP contribution in [0, 0.1) is 0 Å². The highest BCUT2D eigenvalue weighted by atomic mass is 16.5. The van der Waals surface area contributed by atoms with Gasteiger partial charge in [0.15, 0.2) is 11.5 Å². The van der Waals surface area contributed by atoms with Gasteiger partial charge in [-0.1, -0.05) is 6.07 Å². The van der Waals surface area contributed by atoms with E-state index < -0.39 is 0 Å². The molecule has 0 bridgehead atoms. The lowest BCUT2D eigenvalue weighted by molar-refractivity contribution is -0.110. The van der Waals surface area contributed by atoms with Crippen LogP contribution in [0.25, 0.3) is 11.6 Å². The van der Waals surface area contributed by atoms with E-state index in [1.54, 1.807) is 39.7 Å². The summed E-state index contributed by atoms with van der Waals surface area (Å²) in [7, 11) is 4.77. The molecule has 1 aliphatic heterocycles. The molecule has 0 fully saturated rings. The molecular formula is C24H24N4O4. The van der Waals surface area contributed by atoms with Crippen LogP contribution in [0.4, 0.5) is 17.1 Å². The zero-order chi connectivity index (χ0) is 22.7. The summed E-state index contributed by atoms with van der Waals surface area (Å²) < 4.78 is 16.0. The summed E-state index contributed by atoms with van der Waals surface area (Å²) in [4.78, 5) is 20.5. The number of amidine groups is 1. The fraction of sp³-hybridized carbons (Fsp3) is 0.167. The molecule has 1 amide bonds. The van der Waals surface area contributed by atoms with Crippen molar-refractivity contribution in [2.75, 3.05) is 32.0 Å². The average molecular weight is 432 g/mol. The molecule has 1 aliphatic rings. The van der Waals surface area contributed by atoms with Gasteiger partial charge in [0, 0.05) is 23.5 Å². The molecule has 4 rings (SSSR count). The SMILES string of the molecule is COc1ccc(NC(C)=Nc2cccc3c2/C(=C/c2[nH]ccc2OC)C(=O)N3)cc1OC. The van der Waals surface area contributed by atoms with Gasteiger partial charge in [-0.25, -0.2) is 4.99 Å². The maximum Gasteiger partial charge on any atom is 0.256 e. The van der Waals surface area contributed by atoms with Crippen LogP contribution in [0.15, 0.2) is 53.7 Å². The van der Waals surface area contributed by atoms with Crippen LogP contribution in [-0.4, -0.2) is 38.1 Å². The summed E-state index contributed by atoms with van der Waals surface area (Å²) in [5.41, 5.74) is 4.15. The first-order valence-electron chi connectivity index (χ1n) is 9.96. The Morgan fingerprint density at radius 3 is 2.53 bits per heavy atom. The highest BCUT2D eigenvalue weighted by Crippen LogP contribution is 2.40. The number of nitrogens with zero attached hydrogens (tertiary/aromatic N) is 1. The van der Waals surface area contributed by atoms with Gasteiger partial charge in [0.1, 0.15) is 11.6 Å². The number of ether oxygens (including phenoxy) is 3. The van der Waals surface area contributed by atoms with Gasteiger partial charge < -0.3 is 29.8 Å². The molecule has 0 saturated heterocycles. The zero-order valence-corrected chi connectivity index (χ0v) is 18.3. The van der Waals surface area contributed by atoms with Crippen molar-refractivity contribution in [1.29, 1.82) is 0 Å². The average Bonchev–Trinajstić information content (AvgIpc) is 3.38. The number of aliphatic imine (C=N–C) groups is 1. The Morgan fingerprint density at radius 1 is 1.00 bits per heavy atom. The van der Waals surface area contributed by atoms with Gasteiger partial charge in [0.05, 0.1) is 44.0 Å². The monoisotopic (exact) mass is 432 g/mol. The third kappa shape index (κ3) is 4.02. The summed E-state index contributed by atoms with van der Waals surface area (Å²) >= 11 is 0. The number of H-pyrrole nitrogens is 1. The summed E-state index contributed by atoms with van der Waals surface area (Å²) in [6.45, 7) is 1.86. The lowest BCUT2D eigenvalue weighted by Gasteiger charge is -2.11. The first-order chi connectivity index (χ1) is 15.5. The van der Waals surface area contributed by atoms with Crippen LogP contribution in [0.5, 0.6) is 17.2 Å². The molecule has 0 spiro atoms. The van der Waals surface area contributed by atoms with Gasteiger partial charge in [-0.3, -0.25) is 4.79 Å². The van der Waals surface area contributed by atoms with Crippen LogP contribution in [0.3, 0.4) is 0 Å². The number of hydrogen-bond donors (Lipinski definition) is 3. The molecule has 32 heavy (non-hydrogen) atoms. The Balaban J connectivity index is 1.69. The second kappa shape index (κ2) is 8.89. The molecule has 164 valence electrons. The Hall–Kier alpha value is -4.20. The van der Waals surface area contributed by atoms with E-state index in [0.717, 1.165) is 11.3 Å². The largest absolute Gasteiger partial charge is 0.495 e. The Bertz CT molecular complexity index is 1230. The molecule has 2 heterocycles. The molecule has 1 aromatic heterocycles. The molecule has 0 aliphatic carbocycles. The highest BCUT2D eigenvalue weighted by Gasteiger charge is 2.27. The number of amides is 1. The molecule has 8 nitrogen and oxygen atoms in total. The summed E-state index contributed by atoms with van der Waals surface area (Å²) in [6, 6.07) is 12.9. The summed E-state index contributed by atoms with van der Waals surface area (Å²) in [5, 5.41) is 6.17. The fourth-order valence-corrected chi connectivity index (χ4v) is 3.60. The maximum absolute atomic E-state index is 12.7. The molecule has 0 atom stereocenters. The van der Waals surface area contributed by atoms with Gasteiger partial charge in [0.25, 0.3) is 5.91 Å². The van der Waals surface area contributed by atoms with Gasteiger partial charge in [-0.05, 0) is 43.3 Å². The first-order valence-corrected chi connectivity index (χ1v) is 9.96. The van der Waals surface area contributed by atoms with E-state index in [1.165, 1.54) is 0 Å². The minimum Gasteiger partial charge on any atom is -0.495 e. The number of anilines is 2. The van der Waals surface area contributed by atoms with Gasteiger partial charge >= 0.3 is 0 Å². The van der Waals surface area contributed by atoms with Crippen molar-refractivity contribution in [2.24, 2.45) is 4.99 Å². The van der Waals surface area contributed by atoms with Gasteiger partial charge in [-0.2, -0.15) is 0 Å². The minimum atomic E-state index is -0.190. The number of carbonyl (C=O) groups is 1. The normalized spacial score (nSPS) is 14.2. The molecule has 0 saturated carbocycles. The second-order valence-electron chi connectivity index (χ2n) is 7.06. The Kier molecular flexibility index (Phi) is 5.85. The van der Waals surface area contributed by atoms with E-state index in [0.29, 0.717) is 45.7 Å². The number of fused-ring (bicyclic) bond motifs is 1. The van der Waals surface area contributed by atoms with Crippen molar-refractivity contribution in [1.82, 2.24) is 4.98 Å². The quantitative estimate of drug-likeness (QED) is 0.298. The van der Waals surface area contributed by atoms with Crippen molar-refractivity contribution in [3.8, 4) is 17.2 Å². The van der Waals surface area contributed by atoms with E-state index in [2.05, 4.69) is 15.6 Å². The van der Waals surface area contributed by atoms with E-state index >= 15 is 0 Å². The van der Waals surface area contributed by atoms with Gasteiger partial charge in [-0.15, -0.1) is 0 Å². The van der Waals surface area contributed by atoms with E-state index in [9.17, 15) is 4.79 Å². The minimum absolute atomic E-state index is 0.190. The van der Waals surface area contributed by atoms with Gasteiger partial charge in [0.2, 0.25) is 0 Å². The van der Waals surface area contributed by atoms with Crippen molar-refractivity contribution < 1.29 is 19.0 Å². The number of benzene rings is 2. The zero-order valence-electron chi connectivity index (χ0n) is 18.3. The molecule has 2 aromatic carbocycles. The van der Waals surface area contributed by atoms with Crippen LogP contribution in [-0.2, 0) is 4.79 Å². The summed E-state index contributed by atoms with van der Waals surface area (Å²) in [6.07, 6.45) is 3.54. The van der Waals surface area contributed by atoms with Crippen LogP contribution < -0.4 is 24.8 Å². The van der Waals surface area contributed by atoms with Crippen LogP contribution in [0.1, 0.15) is 18.2 Å². The van der Waals surface area contributed by atoms with Crippen LogP contribution >= 0.6 is 0 Å². The topological polar surface area (TPSA) is 97.0 Å². The van der Waals surface area contributed by atoms with Crippen LogP contribution in [0.2, 0.25) is 0 Å². The smallest absolute Gasteiger partial charge is 0.256 e. The number of rotatable bonds is 6. The fourth-order valence-electron chi connectivity index (χ4n) is 3.60. The second-order valence-corrected chi connectivity index (χ2v) is 7.06. The number of methoxy groups -OCH3 is 3. The Labute approximate surface area is 185 Å². The van der Waals surface area contributed by atoms with Crippen molar-refractivity contribution in [2.45, 2.75) is 6.92 Å². The van der Waals surface area contributed by atoms with E-state index in [4.69, 9.17) is 19.2 Å². The Morgan fingerprint density at radius 2 is 1.78 bits per heavy atom. The standard InChI is InChI=1S/C24H24N4O4/c1-14(26-15-8-9-21(31-3)22(12-15)32-4)27-17-6-5-7-18-23(17)16(24(29)28-18)13-19-20(30-2)10-11-25-19/h5-13,25H,1-4H3,(H,26,27)(H,28,29)/b16-13-. The maximum atomic E-state index is 12.7. The summed E-state index contributed by atoms with van der Waals surface area (Å²) in [5.74, 6) is 2.39. The van der Waals surface area contributed by atoms with Crippen molar-refractivity contribution in [3.63, 3.8) is 0 Å². The van der Waals surface area contributed by atoms with Crippen molar-refractivity contribution >= 4 is 40.5 Å². The first kappa shape index (κ1) is 21.0. The van der Waals surface area contributed by atoms with Crippen molar-refractivity contribution in [3.05, 3.63) is 59.9 Å². The third-order valence-corrected chi connectivity index (χ3v) is 5.05. The third-order valence-electron chi connectivity index (χ3n) is 5.05. The van der Waals surface area contributed by atoms with E-state index in [1.807, 2.05) is 43.3 Å². The molecule has 3 N–H and O–H groups in total. The highest BCUT2D eigenvalue weighted by molar-refractivity contribution is 6.36. The molecule has 0 unspecified atom stereocenters. The molecule has 0 radical (unpaired) electrons. The predicted molar refractivity (Wildman–Crippen MR) is 126 cm³/mol. The van der Waals surface area contributed by atoms with E-state index in [-0.39, 0.29) is 5.91 Å². The number of aromatic amines is 1. The molecule has 8 heteroatoms. The lowest BCUT2D eigenvalue weighted by Crippen LogP contribution is -2.07. The lowest BCUT2D eigenvalue weighted by atomic mass is 10.0. The molecular weight excluding hydrogens is 408 g/mol. The molecule has 3 aromatic rings. The number of hydrogen-bond acceptors (Lipinski definition) is 5.